The second kappa shape index (κ2) is 6.08. The van der Waals surface area contributed by atoms with Crippen LogP contribution in [-0.2, 0) is 23.2 Å². The van der Waals surface area contributed by atoms with Crippen LogP contribution in [0.2, 0.25) is 0 Å². The highest BCUT2D eigenvalue weighted by molar-refractivity contribution is 7.89. The molecule has 0 unspecified atom stereocenters. The van der Waals surface area contributed by atoms with E-state index in [4.69, 9.17) is 14.3 Å². The van der Waals surface area contributed by atoms with E-state index in [1.165, 1.54) is 25.5 Å². The van der Waals surface area contributed by atoms with Crippen LogP contribution in [0.15, 0.2) is 45.9 Å². The Morgan fingerprint density at radius 3 is 2.75 bits per heavy atom. The molecule has 0 aliphatic heterocycles. The third kappa shape index (κ3) is 3.19. The van der Waals surface area contributed by atoms with Crippen LogP contribution >= 0.6 is 0 Å². The molecule has 108 valence electrons. The third-order valence-electron chi connectivity index (χ3n) is 2.72. The Hall–Kier alpha value is -1.83. The number of sulfonamides is 1. The molecule has 0 radical (unpaired) electrons. The first-order valence-corrected chi connectivity index (χ1v) is 7.35. The standard InChI is InChI=1S/C13H15NO5S/c1-18-12-5-4-10(9-15)7-13(12)20(16,17)14-8-11-3-2-6-19-11/h2-7,14-15H,8-9H2,1H3. The van der Waals surface area contributed by atoms with Crippen LogP contribution in [0.4, 0.5) is 0 Å². The van der Waals surface area contributed by atoms with E-state index < -0.39 is 10.0 Å². The van der Waals surface area contributed by atoms with Crippen molar-refractivity contribution in [1.29, 1.82) is 0 Å². The fourth-order valence-corrected chi connectivity index (χ4v) is 2.90. The number of rotatable bonds is 6. The van der Waals surface area contributed by atoms with E-state index in [-0.39, 0.29) is 23.8 Å². The average Bonchev–Trinajstić information content (AvgIpc) is 2.98. The molecule has 0 aliphatic carbocycles. The van der Waals surface area contributed by atoms with Gasteiger partial charge >= 0.3 is 0 Å². The van der Waals surface area contributed by atoms with Gasteiger partial charge in [0.1, 0.15) is 16.4 Å². The zero-order valence-electron chi connectivity index (χ0n) is 10.9. The molecule has 2 N–H and O–H groups in total. The van der Waals surface area contributed by atoms with Crippen LogP contribution in [0.3, 0.4) is 0 Å². The van der Waals surface area contributed by atoms with Gasteiger partial charge in [-0.15, -0.1) is 0 Å². The molecule has 0 fully saturated rings. The number of aliphatic hydroxyl groups is 1. The number of nitrogens with one attached hydrogen (secondary N) is 1. The summed E-state index contributed by atoms with van der Waals surface area (Å²) in [6.45, 7) is -0.202. The van der Waals surface area contributed by atoms with Gasteiger partial charge in [-0.3, -0.25) is 0 Å². The molecule has 0 amide bonds. The Bertz CT molecular complexity index is 664. The van der Waals surface area contributed by atoms with E-state index in [2.05, 4.69) is 4.72 Å². The van der Waals surface area contributed by atoms with Crippen molar-refractivity contribution in [2.45, 2.75) is 18.0 Å². The highest BCUT2D eigenvalue weighted by Gasteiger charge is 2.20. The Morgan fingerprint density at radius 1 is 1.35 bits per heavy atom. The Balaban J connectivity index is 2.28. The summed E-state index contributed by atoms with van der Waals surface area (Å²) in [5.41, 5.74) is 0.490. The minimum atomic E-state index is -3.76. The van der Waals surface area contributed by atoms with Gasteiger partial charge in [-0.05, 0) is 29.8 Å². The third-order valence-corrected chi connectivity index (χ3v) is 4.14. The number of hydrogen-bond acceptors (Lipinski definition) is 5. The summed E-state index contributed by atoms with van der Waals surface area (Å²) < 4.78 is 37.1. The van der Waals surface area contributed by atoms with Crippen molar-refractivity contribution in [3.8, 4) is 5.75 Å². The van der Waals surface area contributed by atoms with Crippen molar-refractivity contribution in [2.24, 2.45) is 0 Å². The van der Waals surface area contributed by atoms with E-state index in [0.717, 1.165) is 0 Å². The van der Waals surface area contributed by atoms with E-state index in [1.54, 1.807) is 18.2 Å². The van der Waals surface area contributed by atoms with Crippen molar-refractivity contribution in [3.05, 3.63) is 47.9 Å². The first kappa shape index (κ1) is 14.6. The highest BCUT2D eigenvalue weighted by atomic mass is 32.2. The lowest BCUT2D eigenvalue weighted by molar-refractivity contribution is 0.281. The van der Waals surface area contributed by atoms with Gasteiger partial charge in [0, 0.05) is 0 Å². The molecule has 6 nitrogen and oxygen atoms in total. The van der Waals surface area contributed by atoms with Crippen LogP contribution < -0.4 is 9.46 Å². The van der Waals surface area contributed by atoms with Crippen molar-refractivity contribution in [1.82, 2.24) is 4.72 Å². The lowest BCUT2D eigenvalue weighted by atomic mass is 10.2. The first-order valence-electron chi connectivity index (χ1n) is 5.86. The molecule has 0 atom stereocenters. The molecule has 0 saturated carbocycles. The molecule has 20 heavy (non-hydrogen) atoms. The SMILES string of the molecule is COc1ccc(CO)cc1S(=O)(=O)NCc1ccco1. The summed E-state index contributed by atoms with van der Waals surface area (Å²) in [6, 6.07) is 7.83. The van der Waals surface area contributed by atoms with Crippen molar-refractivity contribution < 1.29 is 22.7 Å². The molecule has 2 rings (SSSR count). The Labute approximate surface area is 117 Å². The van der Waals surface area contributed by atoms with Crippen molar-refractivity contribution in [3.63, 3.8) is 0 Å². The molecular weight excluding hydrogens is 282 g/mol. The largest absolute Gasteiger partial charge is 0.495 e. The topological polar surface area (TPSA) is 88.8 Å². The predicted octanol–water partition coefficient (Wildman–Crippen LogP) is 1.26. The Morgan fingerprint density at radius 2 is 2.15 bits per heavy atom. The number of methoxy groups -OCH3 is 1. The normalized spacial score (nSPS) is 11.5. The minimum Gasteiger partial charge on any atom is -0.495 e. The monoisotopic (exact) mass is 297 g/mol. The smallest absolute Gasteiger partial charge is 0.244 e. The van der Waals surface area contributed by atoms with E-state index in [9.17, 15) is 8.42 Å². The fourth-order valence-electron chi connectivity index (χ4n) is 1.69. The van der Waals surface area contributed by atoms with Crippen LogP contribution in [0.5, 0.6) is 5.75 Å². The average molecular weight is 297 g/mol. The molecule has 7 heteroatoms. The second-order valence-corrected chi connectivity index (χ2v) is 5.78. The van der Waals surface area contributed by atoms with Gasteiger partial charge in [0.15, 0.2) is 0 Å². The highest BCUT2D eigenvalue weighted by Crippen LogP contribution is 2.25. The van der Waals surface area contributed by atoms with Gasteiger partial charge in [-0.2, -0.15) is 0 Å². The van der Waals surface area contributed by atoms with Crippen LogP contribution in [0, 0.1) is 0 Å². The summed E-state index contributed by atoms with van der Waals surface area (Å²) in [5.74, 6) is 0.722. The maximum Gasteiger partial charge on any atom is 0.244 e. The summed E-state index contributed by atoms with van der Waals surface area (Å²) in [6.07, 6.45) is 1.47. The quantitative estimate of drug-likeness (QED) is 0.838. The zero-order valence-corrected chi connectivity index (χ0v) is 11.7. The van der Waals surface area contributed by atoms with Crippen molar-refractivity contribution in [2.75, 3.05) is 7.11 Å². The molecule has 0 saturated heterocycles. The van der Waals surface area contributed by atoms with Gasteiger partial charge in [-0.1, -0.05) is 6.07 Å². The number of hydrogen-bond donors (Lipinski definition) is 2. The predicted molar refractivity (Wildman–Crippen MR) is 71.7 cm³/mol. The molecule has 0 spiro atoms. The van der Waals surface area contributed by atoms with Crippen LogP contribution in [0.1, 0.15) is 11.3 Å². The van der Waals surface area contributed by atoms with Crippen LogP contribution in [0.25, 0.3) is 0 Å². The Kier molecular flexibility index (Phi) is 4.43. The lowest BCUT2D eigenvalue weighted by Crippen LogP contribution is -2.23. The molecular formula is C13H15NO5S. The maximum atomic E-state index is 12.3. The van der Waals surface area contributed by atoms with Gasteiger partial charge in [0.25, 0.3) is 0 Å². The number of ether oxygens (including phenoxy) is 1. The number of benzene rings is 1. The minimum absolute atomic E-state index is 0.0156. The lowest BCUT2D eigenvalue weighted by Gasteiger charge is -2.11. The maximum absolute atomic E-state index is 12.3. The molecule has 1 aromatic heterocycles. The molecule has 1 heterocycles. The van der Waals surface area contributed by atoms with Gasteiger partial charge in [-0.25, -0.2) is 13.1 Å². The van der Waals surface area contributed by atoms with E-state index >= 15 is 0 Å². The first-order chi connectivity index (χ1) is 9.56. The summed E-state index contributed by atoms with van der Waals surface area (Å²) >= 11 is 0. The summed E-state index contributed by atoms with van der Waals surface area (Å²) in [7, 11) is -2.37. The molecule has 2 aromatic rings. The molecule has 0 bridgehead atoms. The number of furan rings is 1. The van der Waals surface area contributed by atoms with Crippen molar-refractivity contribution >= 4 is 10.0 Å². The van der Waals surface area contributed by atoms with Gasteiger partial charge in [0.2, 0.25) is 10.0 Å². The van der Waals surface area contributed by atoms with Gasteiger partial charge in [0.05, 0.1) is 26.5 Å². The van der Waals surface area contributed by atoms with E-state index in [1.807, 2.05) is 0 Å². The van der Waals surface area contributed by atoms with Crippen LogP contribution in [-0.4, -0.2) is 20.6 Å². The van der Waals surface area contributed by atoms with E-state index in [0.29, 0.717) is 11.3 Å². The number of aliphatic hydroxyl groups excluding tert-OH is 1. The fraction of sp³-hybridized carbons (Fsp3) is 0.231. The zero-order chi connectivity index (χ0) is 14.6. The summed E-state index contributed by atoms with van der Waals surface area (Å²) in [5, 5.41) is 9.10. The molecule has 1 aromatic carbocycles. The molecule has 0 aliphatic rings. The summed E-state index contributed by atoms with van der Waals surface area (Å²) in [4.78, 5) is -0.0156. The van der Waals surface area contributed by atoms with Gasteiger partial charge < -0.3 is 14.3 Å². The second-order valence-electron chi connectivity index (χ2n) is 4.05.